The zero-order valence-corrected chi connectivity index (χ0v) is 11.1. The van der Waals surface area contributed by atoms with Gasteiger partial charge in [0.15, 0.2) is 0 Å². The quantitative estimate of drug-likeness (QED) is 0.542. The molecule has 3 aromatic rings. The average Bonchev–Trinajstić information content (AvgIpc) is 2.84. The first-order valence-electron chi connectivity index (χ1n) is 6.65. The fourth-order valence-corrected chi connectivity index (χ4v) is 2.89. The van der Waals surface area contributed by atoms with Gasteiger partial charge in [-0.1, -0.05) is 42.5 Å². The molecule has 0 bridgehead atoms. The Morgan fingerprint density at radius 1 is 0.950 bits per heavy atom. The summed E-state index contributed by atoms with van der Waals surface area (Å²) in [6.45, 7) is 2.07. The maximum Gasteiger partial charge on any atom is 0.125 e. The molecule has 0 unspecified atom stereocenters. The molecule has 0 atom stereocenters. The fraction of sp³-hybridized carbons (Fsp3) is 0.0556. The van der Waals surface area contributed by atoms with Crippen molar-refractivity contribution in [1.82, 2.24) is 0 Å². The largest absolute Gasteiger partial charge is 0.507 e. The van der Waals surface area contributed by atoms with Crippen LogP contribution >= 0.6 is 0 Å². The van der Waals surface area contributed by atoms with Gasteiger partial charge in [0.1, 0.15) is 5.75 Å². The van der Waals surface area contributed by atoms with Crippen LogP contribution in [0.2, 0.25) is 0 Å². The number of aryl methyl sites for hydroxylation is 1. The highest BCUT2D eigenvalue weighted by Crippen LogP contribution is 2.42. The van der Waals surface area contributed by atoms with Crippen LogP contribution in [0, 0.1) is 6.92 Å². The molecular weight excluding hydrogens is 246 g/mol. The third-order valence-corrected chi connectivity index (χ3v) is 3.74. The van der Waals surface area contributed by atoms with Gasteiger partial charge in [-0.2, -0.15) is 0 Å². The van der Waals surface area contributed by atoms with Crippen molar-refractivity contribution in [3.8, 4) is 5.75 Å². The van der Waals surface area contributed by atoms with Crippen molar-refractivity contribution in [2.24, 2.45) is 4.99 Å². The van der Waals surface area contributed by atoms with Crippen molar-refractivity contribution < 1.29 is 5.11 Å². The molecule has 0 fully saturated rings. The van der Waals surface area contributed by atoms with Crippen molar-refractivity contribution >= 4 is 22.2 Å². The Labute approximate surface area is 117 Å². The molecule has 0 aromatic heterocycles. The predicted molar refractivity (Wildman–Crippen MR) is 82.1 cm³/mol. The minimum absolute atomic E-state index is 0.294. The van der Waals surface area contributed by atoms with Gasteiger partial charge in [0.25, 0.3) is 0 Å². The van der Waals surface area contributed by atoms with Crippen LogP contribution < -0.4 is 0 Å². The number of nitrogens with zero attached hydrogens (tertiary/aromatic N) is 1. The van der Waals surface area contributed by atoms with Crippen molar-refractivity contribution in [2.75, 3.05) is 0 Å². The molecule has 4 rings (SSSR count). The molecule has 2 nitrogen and oxygen atoms in total. The van der Waals surface area contributed by atoms with Crippen molar-refractivity contribution in [3.05, 3.63) is 71.3 Å². The molecule has 0 aliphatic carbocycles. The molecule has 0 saturated heterocycles. The molecular formula is C18H13NO. The van der Waals surface area contributed by atoms with Crippen LogP contribution in [0.1, 0.15) is 16.7 Å². The van der Waals surface area contributed by atoms with E-state index in [0.29, 0.717) is 5.75 Å². The summed E-state index contributed by atoms with van der Waals surface area (Å²) >= 11 is 0. The lowest BCUT2D eigenvalue weighted by molar-refractivity contribution is 0.475. The van der Waals surface area contributed by atoms with Crippen molar-refractivity contribution in [1.29, 1.82) is 0 Å². The van der Waals surface area contributed by atoms with Gasteiger partial charge in [-0.3, -0.25) is 0 Å². The Bertz CT molecular complexity index is 863. The van der Waals surface area contributed by atoms with E-state index in [4.69, 9.17) is 4.99 Å². The highest BCUT2D eigenvalue weighted by atomic mass is 16.3. The second kappa shape index (κ2) is 3.94. The van der Waals surface area contributed by atoms with Gasteiger partial charge in [0.05, 0.1) is 17.0 Å². The molecule has 20 heavy (non-hydrogen) atoms. The number of hydrogen-bond acceptors (Lipinski definition) is 2. The van der Waals surface area contributed by atoms with Crippen molar-refractivity contribution in [2.45, 2.75) is 6.92 Å². The number of aliphatic imine (C=N–C) groups is 1. The average molecular weight is 259 g/mol. The molecule has 0 spiro atoms. The van der Waals surface area contributed by atoms with Crippen LogP contribution in [-0.4, -0.2) is 10.8 Å². The predicted octanol–water partition coefficient (Wildman–Crippen LogP) is 4.34. The van der Waals surface area contributed by atoms with E-state index in [-0.39, 0.29) is 0 Å². The van der Waals surface area contributed by atoms with E-state index in [1.54, 1.807) is 6.07 Å². The van der Waals surface area contributed by atoms with Crippen LogP contribution in [0.25, 0.3) is 10.8 Å². The highest BCUT2D eigenvalue weighted by molar-refractivity contribution is 6.27. The Balaban J connectivity index is 2.09. The topological polar surface area (TPSA) is 32.6 Å². The van der Waals surface area contributed by atoms with Crippen LogP contribution in [0.5, 0.6) is 5.75 Å². The maximum atomic E-state index is 10.3. The smallest absolute Gasteiger partial charge is 0.125 e. The molecule has 1 heterocycles. The summed E-state index contributed by atoms with van der Waals surface area (Å²) in [5, 5.41) is 12.4. The molecule has 0 amide bonds. The zero-order valence-electron chi connectivity index (χ0n) is 11.1. The van der Waals surface area contributed by atoms with Gasteiger partial charge < -0.3 is 5.11 Å². The number of aromatic hydroxyl groups is 1. The summed E-state index contributed by atoms with van der Waals surface area (Å²) in [7, 11) is 0. The molecule has 0 radical (unpaired) electrons. The SMILES string of the molecule is Cc1cc2c3c(c(O)ccc3c1)C(c1ccccc1)=N2. The molecule has 0 saturated carbocycles. The number of benzene rings is 3. The van der Waals surface area contributed by atoms with Gasteiger partial charge in [0.2, 0.25) is 0 Å². The van der Waals surface area contributed by atoms with Gasteiger partial charge in [-0.15, -0.1) is 0 Å². The first-order valence-corrected chi connectivity index (χ1v) is 6.65. The Hall–Kier alpha value is -2.61. The van der Waals surface area contributed by atoms with Crippen LogP contribution in [-0.2, 0) is 0 Å². The van der Waals surface area contributed by atoms with E-state index in [2.05, 4.69) is 19.1 Å². The molecule has 2 heteroatoms. The Morgan fingerprint density at radius 2 is 1.75 bits per heavy atom. The summed E-state index contributed by atoms with van der Waals surface area (Å²) in [4.78, 5) is 4.74. The number of phenols is 1. The van der Waals surface area contributed by atoms with Gasteiger partial charge in [-0.05, 0) is 30.0 Å². The van der Waals surface area contributed by atoms with Gasteiger partial charge >= 0.3 is 0 Å². The lowest BCUT2D eigenvalue weighted by Gasteiger charge is -2.07. The van der Waals surface area contributed by atoms with Crippen LogP contribution in [0.3, 0.4) is 0 Å². The standard InChI is InChI=1S/C18H13NO/c1-11-9-13-7-8-15(20)17-16(13)14(10-11)19-18(17)12-5-3-2-4-6-12/h2-10,20H,1H3. The van der Waals surface area contributed by atoms with E-state index in [9.17, 15) is 5.11 Å². The molecule has 1 N–H and O–H groups in total. The number of phenolic OH excluding ortho intramolecular Hbond substituents is 1. The Morgan fingerprint density at radius 3 is 2.55 bits per heavy atom. The van der Waals surface area contributed by atoms with Gasteiger partial charge in [-0.25, -0.2) is 4.99 Å². The maximum absolute atomic E-state index is 10.3. The normalized spacial score (nSPS) is 12.8. The third kappa shape index (κ3) is 1.48. The lowest BCUT2D eigenvalue weighted by atomic mass is 9.96. The number of rotatable bonds is 1. The zero-order chi connectivity index (χ0) is 13.7. The second-order valence-electron chi connectivity index (χ2n) is 5.17. The first kappa shape index (κ1) is 11.2. The number of hydrogen-bond donors (Lipinski definition) is 1. The summed E-state index contributed by atoms with van der Waals surface area (Å²) < 4.78 is 0. The molecule has 1 aliphatic rings. The fourth-order valence-electron chi connectivity index (χ4n) is 2.89. The van der Waals surface area contributed by atoms with E-state index in [1.807, 2.05) is 36.4 Å². The molecule has 96 valence electrons. The van der Waals surface area contributed by atoms with E-state index >= 15 is 0 Å². The monoisotopic (exact) mass is 259 g/mol. The van der Waals surface area contributed by atoms with Crippen LogP contribution in [0.15, 0.2) is 59.6 Å². The first-order chi connectivity index (χ1) is 9.74. The summed E-state index contributed by atoms with van der Waals surface area (Å²) in [6.07, 6.45) is 0. The summed E-state index contributed by atoms with van der Waals surface area (Å²) in [5.74, 6) is 0.294. The third-order valence-electron chi connectivity index (χ3n) is 3.74. The lowest BCUT2D eigenvalue weighted by Crippen LogP contribution is -2.00. The van der Waals surface area contributed by atoms with E-state index in [1.165, 1.54) is 5.56 Å². The van der Waals surface area contributed by atoms with E-state index < -0.39 is 0 Å². The Kier molecular flexibility index (Phi) is 2.21. The van der Waals surface area contributed by atoms with Crippen molar-refractivity contribution in [3.63, 3.8) is 0 Å². The minimum atomic E-state index is 0.294. The van der Waals surface area contributed by atoms with E-state index in [0.717, 1.165) is 33.3 Å². The molecule has 3 aromatic carbocycles. The second-order valence-corrected chi connectivity index (χ2v) is 5.17. The minimum Gasteiger partial charge on any atom is -0.507 e. The summed E-state index contributed by atoms with van der Waals surface area (Å²) in [6, 6.07) is 17.9. The highest BCUT2D eigenvalue weighted by Gasteiger charge is 2.23. The van der Waals surface area contributed by atoms with Crippen LogP contribution in [0.4, 0.5) is 5.69 Å². The van der Waals surface area contributed by atoms with Gasteiger partial charge in [0, 0.05) is 10.9 Å². The summed E-state index contributed by atoms with van der Waals surface area (Å²) in [5.41, 5.74) is 4.87. The molecule has 1 aliphatic heterocycles.